The van der Waals surface area contributed by atoms with E-state index >= 15 is 0 Å². The number of nitrogens with one attached hydrogen (secondary N) is 1. The quantitative estimate of drug-likeness (QED) is 0.605. The zero-order chi connectivity index (χ0) is 17.8. The molecule has 1 N–H and O–H groups in total. The van der Waals surface area contributed by atoms with Gasteiger partial charge < -0.3 is 5.32 Å². The van der Waals surface area contributed by atoms with E-state index in [-0.39, 0.29) is 5.91 Å². The number of benzene rings is 2. The van der Waals surface area contributed by atoms with Crippen LogP contribution < -0.4 is 5.32 Å². The first-order chi connectivity index (χ1) is 12.8. The van der Waals surface area contributed by atoms with Crippen LogP contribution in [0.3, 0.4) is 0 Å². The summed E-state index contributed by atoms with van der Waals surface area (Å²) in [5, 5.41) is 2.98. The molecule has 0 aliphatic carbocycles. The molecule has 5 nitrogen and oxygen atoms in total. The summed E-state index contributed by atoms with van der Waals surface area (Å²) < 4.78 is 1.89. The maximum absolute atomic E-state index is 12.5. The molecule has 2 aromatic carbocycles. The fourth-order valence-electron chi connectivity index (χ4n) is 2.90. The number of amides is 1. The second kappa shape index (κ2) is 7.19. The van der Waals surface area contributed by atoms with Crippen LogP contribution in [0.1, 0.15) is 15.9 Å². The van der Waals surface area contributed by atoms with E-state index < -0.39 is 0 Å². The first-order valence-electron chi connectivity index (χ1n) is 8.52. The van der Waals surface area contributed by atoms with E-state index in [1.807, 2.05) is 59.2 Å². The Balaban J connectivity index is 1.49. The van der Waals surface area contributed by atoms with Crippen molar-refractivity contribution in [1.29, 1.82) is 0 Å². The molecule has 128 valence electrons. The molecule has 0 saturated carbocycles. The second-order valence-corrected chi connectivity index (χ2v) is 6.00. The van der Waals surface area contributed by atoms with E-state index in [9.17, 15) is 4.79 Å². The van der Waals surface area contributed by atoms with E-state index in [1.165, 1.54) is 5.56 Å². The Morgan fingerprint density at radius 1 is 0.962 bits per heavy atom. The molecule has 0 unspecified atom stereocenters. The lowest BCUT2D eigenvalue weighted by Crippen LogP contribution is -2.25. The number of carbonyl (C=O) groups is 1. The van der Waals surface area contributed by atoms with Crippen molar-refractivity contribution >= 4 is 17.1 Å². The van der Waals surface area contributed by atoms with Gasteiger partial charge in [0.15, 0.2) is 5.65 Å². The summed E-state index contributed by atoms with van der Waals surface area (Å²) in [6.07, 6.45) is 4.27. The molecule has 4 aromatic rings. The van der Waals surface area contributed by atoms with Crippen LogP contribution in [0.25, 0.3) is 16.9 Å². The molecule has 26 heavy (non-hydrogen) atoms. The Labute approximate surface area is 151 Å². The second-order valence-electron chi connectivity index (χ2n) is 6.00. The minimum absolute atomic E-state index is 0.0832. The van der Waals surface area contributed by atoms with Crippen LogP contribution in [0.4, 0.5) is 0 Å². The van der Waals surface area contributed by atoms with Gasteiger partial charge in [0.05, 0.1) is 0 Å². The molecule has 1 amide bonds. The normalized spacial score (nSPS) is 10.8. The van der Waals surface area contributed by atoms with Gasteiger partial charge in [-0.25, -0.2) is 9.97 Å². The molecule has 5 heteroatoms. The molecule has 0 saturated heterocycles. The summed E-state index contributed by atoms with van der Waals surface area (Å²) in [4.78, 5) is 21.2. The molecule has 0 fully saturated rings. The summed E-state index contributed by atoms with van der Waals surface area (Å²) in [5.41, 5.74) is 4.28. The van der Waals surface area contributed by atoms with Crippen LogP contribution in [0.5, 0.6) is 0 Å². The van der Waals surface area contributed by atoms with Crippen LogP contribution in [0, 0.1) is 0 Å². The Morgan fingerprint density at radius 2 is 1.85 bits per heavy atom. The molecular formula is C21H18N4O. The summed E-state index contributed by atoms with van der Waals surface area (Å²) >= 11 is 0. The topological polar surface area (TPSA) is 59.8 Å². The Hall–Kier alpha value is -3.47. The molecule has 0 atom stereocenters. The number of aromatic nitrogens is 3. The molecule has 2 heterocycles. The third-order valence-corrected chi connectivity index (χ3v) is 4.24. The number of fused-ring (bicyclic) bond motifs is 1. The van der Waals surface area contributed by atoms with Gasteiger partial charge in [0.1, 0.15) is 11.8 Å². The van der Waals surface area contributed by atoms with Crippen molar-refractivity contribution in [3.8, 4) is 5.69 Å². The van der Waals surface area contributed by atoms with Crippen molar-refractivity contribution in [2.45, 2.75) is 6.42 Å². The predicted octanol–water partition coefficient (Wildman–Crippen LogP) is 3.39. The number of hydrogen-bond donors (Lipinski definition) is 1. The van der Waals surface area contributed by atoms with Gasteiger partial charge in [-0.3, -0.25) is 9.36 Å². The highest BCUT2D eigenvalue weighted by atomic mass is 16.1. The average molecular weight is 342 g/mol. The number of rotatable bonds is 5. The molecule has 0 aliphatic rings. The van der Waals surface area contributed by atoms with Crippen LogP contribution in [-0.2, 0) is 6.42 Å². The highest BCUT2D eigenvalue weighted by Gasteiger charge is 2.09. The van der Waals surface area contributed by atoms with Crippen LogP contribution in [-0.4, -0.2) is 27.0 Å². The lowest BCUT2D eigenvalue weighted by Gasteiger charge is -2.08. The SMILES string of the molecule is O=C(NCCc1ccccc1)c1cccc(-n2cnc3cccnc32)c1. The average Bonchev–Trinajstić information content (AvgIpc) is 3.13. The fourth-order valence-corrected chi connectivity index (χ4v) is 2.90. The number of carbonyl (C=O) groups excluding carboxylic acids is 1. The number of nitrogens with zero attached hydrogens (tertiary/aromatic N) is 3. The molecule has 0 radical (unpaired) electrons. The number of hydrogen-bond acceptors (Lipinski definition) is 3. The standard InChI is InChI=1S/C21H18N4O/c26-21(23-13-11-16-6-2-1-3-7-16)17-8-4-9-18(14-17)25-15-24-19-10-5-12-22-20(19)25/h1-10,12,14-15H,11,13H2,(H,23,26). The lowest BCUT2D eigenvalue weighted by molar-refractivity contribution is 0.0954. The van der Waals surface area contributed by atoms with Gasteiger partial charge in [-0.1, -0.05) is 36.4 Å². The van der Waals surface area contributed by atoms with Gasteiger partial charge in [-0.2, -0.15) is 0 Å². The Kier molecular flexibility index (Phi) is 4.43. The molecular weight excluding hydrogens is 324 g/mol. The first kappa shape index (κ1) is 16.0. The van der Waals surface area contributed by atoms with Gasteiger partial charge in [-0.05, 0) is 42.3 Å². The number of pyridine rings is 1. The molecule has 4 rings (SSSR count). The van der Waals surface area contributed by atoms with Crippen LogP contribution >= 0.6 is 0 Å². The third kappa shape index (κ3) is 3.32. The lowest BCUT2D eigenvalue weighted by atomic mass is 10.1. The predicted molar refractivity (Wildman–Crippen MR) is 101 cm³/mol. The highest BCUT2D eigenvalue weighted by molar-refractivity contribution is 5.94. The van der Waals surface area contributed by atoms with Crippen molar-refractivity contribution in [2.24, 2.45) is 0 Å². The monoisotopic (exact) mass is 342 g/mol. The van der Waals surface area contributed by atoms with Crippen molar-refractivity contribution < 1.29 is 4.79 Å². The highest BCUT2D eigenvalue weighted by Crippen LogP contribution is 2.17. The van der Waals surface area contributed by atoms with E-state index in [0.717, 1.165) is 23.3 Å². The van der Waals surface area contributed by atoms with Gasteiger partial charge in [0.2, 0.25) is 0 Å². The maximum atomic E-state index is 12.5. The van der Waals surface area contributed by atoms with Gasteiger partial charge >= 0.3 is 0 Å². The van der Waals surface area contributed by atoms with Crippen molar-refractivity contribution in [3.05, 3.63) is 90.4 Å². The zero-order valence-corrected chi connectivity index (χ0v) is 14.2. The molecule has 0 spiro atoms. The van der Waals surface area contributed by atoms with Gasteiger partial charge in [-0.15, -0.1) is 0 Å². The maximum Gasteiger partial charge on any atom is 0.251 e. The zero-order valence-electron chi connectivity index (χ0n) is 14.2. The van der Waals surface area contributed by atoms with E-state index in [1.54, 1.807) is 12.5 Å². The van der Waals surface area contributed by atoms with Crippen LogP contribution in [0.15, 0.2) is 79.3 Å². The molecule has 2 aromatic heterocycles. The summed E-state index contributed by atoms with van der Waals surface area (Å²) in [7, 11) is 0. The van der Waals surface area contributed by atoms with Crippen molar-refractivity contribution in [2.75, 3.05) is 6.54 Å². The Morgan fingerprint density at radius 3 is 2.73 bits per heavy atom. The van der Waals surface area contributed by atoms with Crippen LogP contribution in [0.2, 0.25) is 0 Å². The minimum atomic E-state index is -0.0832. The third-order valence-electron chi connectivity index (χ3n) is 4.24. The molecule has 0 bridgehead atoms. The smallest absolute Gasteiger partial charge is 0.251 e. The van der Waals surface area contributed by atoms with E-state index in [0.29, 0.717) is 12.1 Å². The minimum Gasteiger partial charge on any atom is -0.352 e. The molecule has 0 aliphatic heterocycles. The fraction of sp³-hybridized carbons (Fsp3) is 0.0952. The Bertz CT molecular complexity index is 1040. The first-order valence-corrected chi connectivity index (χ1v) is 8.52. The van der Waals surface area contributed by atoms with Gasteiger partial charge in [0, 0.05) is 24.0 Å². The summed E-state index contributed by atoms with van der Waals surface area (Å²) in [6.45, 7) is 0.600. The van der Waals surface area contributed by atoms with Crippen molar-refractivity contribution in [1.82, 2.24) is 19.9 Å². The van der Waals surface area contributed by atoms with E-state index in [2.05, 4.69) is 27.4 Å². The van der Waals surface area contributed by atoms with Crippen molar-refractivity contribution in [3.63, 3.8) is 0 Å². The summed E-state index contributed by atoms with van der Waals surface area (Å²) in [6, 6.07) is 21.4. The summed E-state index contributed by atoms with van der Waals surface area (Å²) in [5.74, 6) is -0.0832. The number of imidazole rings is 1. The van der Waals surface area contributed by atoms with Gasteiger partial charge in [0.25, 0.3) is 5.91 Å². The largest absolute Gasteiger partial charge is 0.352 e. The van der Waals surface area contributed by atoms with E-state index in [4.69, 9.17) is 0 Å².